The second kappa shape index (κ2) is 5.78. The summed E-state index contributed by atoms with van der Waals surface area (Å²) in [5.74, 6) is 0.0528. The zero-order chi connectivity index (χ0) is 14.9. The summed E-state index contributed by atoms with van der Waals surface area (Å²) in [4.78, 5) is 14.5. The number of nitrogens with zero attached hydrogens (tertiary/aromatic N) is 1. The fraction of sp³-hybridized carbons (Fsp3) is 0.588. The van der Waals surface area contributed by atoms with E-state index < -0.39 is 5.54 Å². The molecular weight excluding hydrogens is 262 g/mol. The monoisotopic (exact) mass is 287 g/mol. The van der Waals surface area contributed by atoms with Crippen LogP contribution in [0, 0.1) is 0 Å². The lowest BCUT2D eigenvalue weighted by molar-refractivity contribution is -0.124. The van der Waals surface area contributed by atoms with Crippen LogP contribution in [0.4, 0.5) is 0 Å². The van der Waals surface area contributed by atoms with Crippen LogP contribution >= 0.6 is 0 Å². The molecule has 1 atom stereocenters. The van der Waals surface area contributed by atoms with E-state index in [9.17, 15) is 4.79 Å². The molecule has 2 aliphatic rings. The first-order chi connectivity index (χ1) is 10.1. The predicted octanol–water partition coefficient (Wildman–Crippen LogP) is 1.82. The Morgan fingerprint density at radius 1 is 1.29 bits per heavy atom. The van der Waals surface area contributed by atoms with Crippen LogP contribution in [-0.4, -0.2) is 35.5 Å². The number of nitrogens with two attached hydrogens (primary N) is 1. The van der Waals surface area contributed by atoms with Crippen LogP contribution in [0.15, 0.2) is 30.3 Å². The Morgan fingerprint density at radius 2 is 1.90 bits per heavy atom. The molecule has 0 bridgehead atoms. The van der Waals surface area contributed by atoms with Gasteiger partial charge in [0.2, 0.25) is 5.91 Å². The summed E-state index contributed by atoms with van der Waals surface area (Å²) in [5.41, 5.74) is 6.75. The molecule has 1 aromatic rings. The highest BCUT2D eigenvalue weighted by molar-refractivity contribution is 5.89. The molecule has 2 fully saturated rings. The summed E-state index contributed by atoms with van der Waals surface area (Å²) in [6.45, 7) is 4.31. The Kier molecular flexibility index (Phi) is 4.00. The van der Waals surface area contributed by atoms with E-state index in [0.29, 0.717) is 6.04 Å². The van der Waals surface area contributed by atoms with Gasteiger partial charge in [0.05, 0.1) is 5.54 Å². The number of carbonyl (C=O) groups excluding carboxylic acids is 1. The van der Waals surface area contributed by atoms with Crippen molar-refractivity contribution in [1.82, 2.24) is 10.2 Å². The van der Waals surface area contributed by atoms with Gasteiger partial charge in [0.15, 0.2) is 0 Å². The van der Waals surface area contributed by atoms with E-state index in [1.54, 1.807) is 0 Å². The molecule has 1 heterocycles. The quantitative estimate of drug-likeness (QED) is 0.888. The maximum atomic E-state index is 12.0. The molecule has 114 valence electrons. The first kappa shape index (κ1) is 14.5. The number of amides is 1. The summed E-state index contributed by atoms with van der Waals surface area (Å²) in [5, 5.41) is 3.13. The third-order valence-electron chi connectivity index (χ3n) is 4.94. The van der Waals surface area contributed by atoms with Crippen LogP contribution in [-0.2, 0) is 4.79 Å². The molecule has 21 heavy (non-hydrogen) atoms. The van der Waals surface area contributed by atoms with Crippen LogP contribution in [0.25, 0.3) is 0 Å². The molecule has 3 N–H and O–H groups in total. The van der Waals surface area contributed by atoms with Crippen molar-refractivity contribution >= 4 is 5.91 Å². The van der Waals surface area contributed by atoms with Gasteiger partial charge in [0.1, 0.15) is 0 Å². The van der Waals surface area contributed by atoms with Crippen molar-refractivity contribution in [3.05, 3.63) is 35.9 Å². The average Bonchev–Trinajstić information content (AvgIpc) is 3.27. The lowest BCUT2D eigenvalue weighted by Gasteiger charge is -2.36. The molecular formula is C17H25N3O. The summed E-state index contributed by atoms with van der Waals surface area (Å²) in [6.07, 6.45) is 3.70. The maximum Gasteiger partial charge on any atom is 0.240 e. The summed E-state index contributed by atoms with van der Waals surface area (Å²) in [6, 6.07) is 11.3. The van der Waals surface area contributed by atoms with Crippen molar-refractivity contribution in [3.63, 3.8) is 0 Å². The standard InChI is InChI=1S/C17H25N3O/c1-13(14-5-3-2-4-6-14)20-11-7-15(8-12-20)19-16(21)17(18)9-10-17/h2-6,13,15H,7-12,18H2,1H3,(H,19,21). The van der Waals surface area contributed by atoms with Crippen molar-refractivity contribution in [2.24, 2.45) is 5.73 Å². The van der Waals surface area contributed by atoms with Crippen LogP contribution < -0.4 is 11.1 Å². The number of likely N-dealkylation sites (tertiary alicyclic amines) is 1. The fourth-order valence-electron chi connectivity index (χ4n) is 3.06. The Labute approximate surface area is 126 Å². The van der Waals surface area contributed by atoms with Crippen LogP contribution in [0.5, 0.6) is 0 Å². The van der Waals surface area contributed by atoms with Crippen molar-refractivity contribution in [2.45, 2.75) is 50.2 Å². The number of piperidine rings is 1. The zero-order valence-electron chi connectivity index (χ0n) is 12.7. The number of nitrogens with one attached hydrogen (secondary N) is 1. The van der Waals surface area contributed by atoms with Gasteiger partial charge < -0.3 is 11.1 Å². The van der Waals surface area contributed by atoms with Gasteiger partial charge in [-0.1, -0.05) is 30.3 Å². The highest BCUT2D eigenvalue weighted by Crippen LogP contribution is 2.32. The molecule has 0 spiro atoms. The molecule has 1 aliphatic carbocycles. The number of carbonyl (C=O) groups is 1. The summed E-state index contributed by atoms with van der Waals surface area (Å²) >= 11 is 0. The number of hydrogen-bond acceptors (Lipinski definition) is 3. The number of hydrogen-bond donors (Lipinski definition) is 2. The third-order valence-corrected chi connectivity index (χ3v) is 4.94. The SMILES string of the molecule is CC(c1ccccc1)N1CCC(NC(=O)C2(N)CC2)CC1. The van der Waals surface area contributed by atoms with E-state index in [-0.39, 0.29) is 11.9 Å². The van der Waals surface area contributed by atoms with Gasteiger partial charge in [0.25, 0.3) is 0 Å². The van der Waals surface area contributed by atoms with E-state index in [1.165, 1.54) is 5.56 Å². The molecule has 1 unspecified atom stereocenters. The molecule has 0 aromatic heterocycles. The van der Waals surface area contributed by atoms with Gasteiger partial charge in [-0.15, -0.1) is 0 Å². The first-order valence-electron chi connectivity index (χ1n) is 7.97. The zero-order valence-corrected chi connectivity index (χ0v) is 12.7. The third kappa shape index (κ3) is 3.27. The molecule has 4 heteroatoms. The molecule has 1 saturated heterocycles. The van der Waals surface area contributed by atoms with Gasteiger partial charge in [-0.05, 0) is 38.2 Å². The van der Waals surface area contributed by atoms with Gasteiger partial charge in [0, 0.05) is 25.2 Å². The Bertz CT molecular complexity index is 490. The van der Waals surface area contributed by atoms with Gasteiger partial charge in [-0.3, -0.25) is 9.69 Å². The largest absolute Gasteiger partial charge is 0.352 e. The highest BCUT2D eigenvalue weighted by Gasteiger charge is 2.46. The molecule has 0 radical (unpaired) electrons. The van der Waals surface area contributed by atoms with Crippen molar-refractivity contribution in [1.29, 1.82) is 0 Å². The Morgan fingerprint density at radius 3 is 2.48 bits per heavy atom. The van der Waals surface area contributed by atoms with Crippen molar-refractivity contribution in [2.75, 3.05) is 13.1 Å². The topological polar surface area (TPSA) is 58.4 Å². The van der Waals surface area contributed by atoms with Crippen LogP contribution in [0.2, 0.25) is 0 Å². The Hall–Kier alpha value is -1.39. The van der Waals surface area contributed by atoms with E-state index in [2.05, 4.69) is 47.5 Å². The highest BCUT2D eigenvalue weighted by atomic mass is 16.2. The van der Waals surface area contributed by atoms with E-state index >= 15 is 0 Å². The lowest BCUT2D eigenvalue weighted by atomic mass is 10.00. The van der Waals surface area contributed by atoms with E-state index in [0.717, 1.165) is 38.8 Å². The van der Waals surface area contributed by atoms with Gasteiger partial charge >= 0.3 is 0 Å². The number of benzene rings is 1. The average molecular weight is 287 g/mol. The molecule has 1 amide bonds. The Balaban J connectivity index is 1.50. The fourth-order valence-corrected chi connectivity index (χ4v) is 3.06. The second-order valence-electron chi connectivity index (χ2n) is 6.53. The van der Waals surface area contributed by atoms with Gasteiger partial charge in [-0.25, -0.2) is 0 Å². The molecule has 3 rings (SSSR count). The summed E-state index contributed by atoms with van der Waals surface area (Å²) < 4.78 is 0. The maximum absolute atomic E-state index is 12.0. The van der Waals surface area contributed by atoms with Crippen molar-refractivity contribution in [3.8, 4) is 0 Å². The van der Waals surface area contributed by atoms with Crippen LogP contribution in [0.3, 0.4) is 0 Å². The molecule has 1 saturated carbocycles. The normalized spacial score (nSPS) is 23.5. The lowest BCUT2D eigenvalue weighted by Crippen LogP contribution is -2.51. The molecule has 1 aliphatic heterocycles. The predicted molar refractivity (Wildman–Crippen MR) is 83.7 cm³/mol. The minimum Gasteiger partial charge on any atom is -0.352 e. The van der Waals surface area contributed by atoms with E-state index in [4.69, 9.17) is 5.73 Å². The molecule has 4 nitrogen and oxygen atoms in total. The number of rotatable bonds is 4. The minimum absolute atomic E-state index is 0.0528. The van der Waals surface area contributed by atoms with Crippen molar-refractivity contribution < 1.29 is 4.79 Å². The van der Waals surface area contributed by atoms with Gasteiger partial charge in [-0.2, -0.15) is 0 Å². The smallest absolute Gasteiger partial charge is 0.240 e. The summed E-state index contributed by atoms with van der Waals surface area (Å²) in [7, 11) is 0. The second-order valence-corrected chi connectivity index (χ2v) is 6.53. The van der Waals surface area contributed by atoms with E-state index in [1.807, 2.05) is 0 Å². The minimum atomic E-state index is -0.547. The first-order valence-corrected chi connectivity index (χ1v) is 7.97. The molecule has 1 aromatic carbocycles. The van der Waals surface area contributed by atoms with Crippen LogP contribution in [0.1, 0.15) is 44.2 Å².